The molecule has 6 nitrogen and oxygen atoms in total. The topological polar surface area (TPSA) is 78.9 Å². The fourth-order valence-electron chi connectivity index (χ4n) is 8.22. The highest BCUT2D eigenvalue weighted by Crippen LogP contribution is 2.17. The quantitative estimate of drug-likeness (QED) is 0.0345. The lowest BCUT2D eigenvalue weighted by atomic mass is 10.0. The third kappa shape index (κ3) is 47.5. The fourth-order valence-corrected chi connectivity index (χ4v) is 8.22. The molecule has 0 rings (SSSR count). The van der Waals surface area contributed by atoms with Crippen molar-refractivity contribution in [3.8, 4) is 0 Å². The minimum atomic E-state index is -0.760. The van der Waals surface area contributed by atoms with Crippen LogP contribution >= 0.6 is 0 Å². The molecule has 0 aliphatic heterocycles. The Morgan fingerprint density at radius 2 is 0.550 bits per heavy atom. The van der Waals surface area contributed by atoms with E-state index in [1.165, 1.54) is 199 Å². The van der Waals surface area contributed by atoms with E-state index in [0.29, 0.717) is 19.3 Å². The highest BCUT2D eigenvalue weighted by molar-refractivity contribution is 5.71. The summed E-state index contributed by atoms with van der Waals surface area (Å²) in [5.74, 6) is -0.00675. The maximum absolute atomic E-state index is 12.8. The van der Waals surface area contributed by atoms with Gasteiger partial charge in [-0.15, -0.1) is 0 Å². The Labute approximate surface area is 374 Å². The maximum atomic E-state index is 12.8. The minimum Gasteiger partial charge on any atom is -0.462 e. The molecule has 0 spiro atoms. The molecule has 0 saturated carbocycles. The second kappa shape index (κ2) is 48.4. The number of unbranched alkanes of at least 4 members (excludes halogenated alkanes) is 36. The van der Waals surface area contributed by atoms with E-state index in [4.69, 9.17) is 14.2 Å². The van der Waals surface area contributed by atoms with Gasteiger partial charge in [-0.1, -0.05) is 265 Å². The Hall–Kier alpha value is -1.59. The zero-order valence-corrected chi connectivity index (χ0v) is 40.9. The molecule has 0 unspecified atom stereocenters. The van der Waals surface area contributed by atoms with Gasteiger partial charge < -0.3 is 14.2 Å². The summed E-state index contributed by atoms with van der Waals surface area (Å²) < 4.78 is 16.8. The predicted molar refractivity (Wildman–Crippen MR) is 257 cm³/mol. The van der Waals surface area contributed by atoms with Crippen LogP contribution in [-0.2, 0) is 28.6 Å². The molecule has 6 heteroatoms. The van der Waals surface area contributed by atoms with Gasteiger partial charge in [-0.05, 0) is 25.2 Å². The predicted octanol–water partition coefficient (Wildman–Crippen LogP) is 17.5. The Kier molecular flexibility index (Phi) is 47.2. The van der Waals surface area contributed by atoms with Crippen LogP contribution in [0.2, 0.25) is 0 Å². The molecular formula is C54H104O6. The van der Waals surface area contributed by atoms with Crippen LogP contribution in [0, 0.1) is 5.92 Å². The van der Waals surface area contributed by atoms with Crippen LogP contribution in [0.15, 0.2) is 0 Å². The van der Waals surface area contributed by atoms with Gasteiger partial charge in [0.05, 0.1) is 0 Å². The lowest BCUT2D eigenvalue weighted by molar-refractivity contribution is -0.167. The van der Waals surface area contributed by atoms with Gasteiger partial charge in [0.15, 0.2) is 6.10 Å². The first-order valence-corrected chi connectivity index (χ1v) is 26.9. The fraction of sp³-hybridized carbons (Fsp3) is 0.944. The number of hydrogen-bond acceptors (Lipinski definition) is 6. The second-order valence-corrected chi connectivity index (χ2v) is 19.0. The summed E-state index contributed by atoms with van der Waals surface area (Å²) >= 11 is 0. The summed E-state index contributed by atoms with van der Waals surface area (Å²) in [7, 11) is 0. The molecule has 60 heavy (non-hydrogen) atoms. The zero-order chi connectivity index (χ0) is 43.8. The van der Waals surface area contributed by atoms with Crippen molar-refractivity contribution in [2.24, 2.45) is 5.92 Å². The molecule has 0 fully saturated rings. The SMILES string of the molecule is CCCCCCCCCCCCCCCCC(=O)OC[C@@H](COC(=O)CCCCCCCCCCCCCCC(C)C)OC(=O)CCCCCCCCCCCCCCC. The average Bonchev–Trinajstić information content (AvgIpc) is 3.23. The molecule has 1 atom stereocenters. The van der Waals surface area contributed by atoms with Crippen LogP contribution in [0.5, 0.6) is 0 Å². The molecule has 0 amide bonds. The van der Waals surface area contributed by atoms with Gasteiger partial charge in [0.25, 0.3) is 0 Å². The number of esters is 3. The minimum absolute atomic E-state index is 0.0623. The van der Waals surface area contributed by atoms with E-state index in [-0.39, 0.29) is 31.1 Å². The summed E-state index contributed by atoms with van der Waals surface area (Å²) in [6.07, 6.45) is 50.8. The molecule has 0 radical (unpaired) electrons. The van der Waals surface area contributed by atoms with Crippen LogP contribution in [0.3, 0.4) is 0 Å². The molecule has 356 valence electrons. The van der Waals surface area contributed by atoms with Crippen LogP contribution in [0.1, 0.15) is 304 Å². The summed E-state index contributed by atoms with van der Waals surface area (Å²) in [5.41, 5.74) is 0. The molecular weight excluding hydrogens is 745 g/mol. The molecule has 0 heterocycles. The number of ether oxygens (including phenoxy) is 3. The monoisotopic (exact) mass is 849 g/mol. The van der Waals surface area contributed by atoms with Crippen molar-refractivity contribution in [3.63, 3.8) is 0 Å². The number of carbonyl (C=O) groups is 3. The van der Waals surface area contributed by atoms with Crippen LogP contribution in [-0.4, -0.2) is 37.2 Å². The van der Waals surface area contributed by atoms with E-state index in [1.54, 1.807) is 0 Å². The molecule has 0 aromatic heterocycles. The lowest BCUT2D eigenvalue weighted by Crippen LogP contribution is -2.30. The second-order valence-electron chi connectivity index (χ2n) is 19.0. The molecule has 0 aliphatic carbocycles. The van der Waals surface area contributed by atoms with Crippen LogP contribution in [0.4, 0.5) is 0 Å². The summed E-state index contributed by atoms with van der Waals surface area (Å²) in [5, 5.41) is 0. The van der Waals surface area contributed by atoms with Gasteiger partial charge in [-0.25, -0.2) is 0 Å². The highest BCUT2D eigenvalue weighted by Gasteiger charge is 2.19. The van der Waals surface area contributed by atoms with Gasteiger partial charge in [-0.3, -0.25) is 14.4 Å². The van der Waals surface area contributed by atoms with Gasteiger partial charge >= 0.3 is 17.9 Å². The van der Waals surface area contributed by atoms with Gasteiger partial charge in [0, 0.05) is 19.3 Å². The average molecular weight is 849 g/mol. The summed E-state index contributed by atoms with van der Waals surface area (Å²) in [4.78, 5) is 38.0. The van der Waals surface area contributed by atoms with E-state index in [2.05, 4.69) is 27.7 Å². The lowest BCUT2D eigenvalue weighted by Gasteiger charge is -2.18. The molecule has 0 aromatic rings. The smallest absolute Gasteiger partial charge is 0.306 e. The van der Waals surface area contributed by atoms with Crippen LogP contribution < -0.4 is 0 Å². The Morgan fingerprint density at radius 3 is 0.817 bits per heavy atom. The first kappa shape index (κ1) is 58.4. The molecule has 0 bridgehead atoms. The van der Waals surface area contributed by atoms with Gasteiger partial charge in [0.2, 0.25) is 0 Å². The third-order valence-corrected chi connectivity index (χ3v) is 12.3. The van der Waals surface area contributed by atoms with Crippen LogP contribution in [0.25, 0.3) is 0 Å². The van der Waals surface area contributed by atoms with E-state index in [1.807, 2.05) is 0 Å². The van der Waals surface area contributed by atoms with Crippen molar-refractivity contribution in [1.82, 2.24) is 0 Å². The molecule has 0 aliphatic rings. The molecule has 0 N–H and O–H groups in total. The normalized spacial score (nSPS) is 11.9. The van der Waals surface area contributed by atoms with Crippen molar-refractivity contribution in [2.75, 3.05) is 13.2 Å². The Bertz CT molecular complexity index is 903. The number of carbonyl (C=O) groups excluding carboxylic acids is 3. The summed E-state index contributed by atoms with van der Waals surface area (Å²) in [6.45, 7) is 9.04. The van der Waals surface area contributed by atoms with Gasteiger partial charge in [-0.2, -0.15) is 0 Å². The van der Waals surface area contributed by atoms with Crippen molar-refractivity contribution < 1.29 is 28.6 Å². The number of rotatable bonds is 49. The summed E-state index contributed by atoms with van der Waals surface area (Å²) in [6, 6.07) is 0. The largest absolute Gasteiger partial charge is 0.462 e. The molecule has 0 saturated heterocycles. The Morgan fingerprint density at radius 1 is 0.317 bits per heavy atom. The van der Waals surface area contributed by atoms with E-state index in [9.17, 15) is 14.4 Å². The van der Waals surface area contributed by atoms with E-state index >= 15 is 0 Å². The number of hydrogen-bond donors (Lipinski definition) is 0. The highest BCUT2D eigenvalue weighted by atomic mass is 16.6. The van der Waals surface area contributed by atoms with E-state index in [0.717, 1.165) is 63.7 Å². The third-order valence-electron chi connectivity index (χ3n) is 12.3. The van der Waals surface area contributed by atoms with Crippen molar-refractivity contribution in [2.45, 2.75) is 310 Å². The Balaban J connectivity index is 4.30. The van der Waals surface area contributed by atoms with E-state index < -0.39 is 6.10 Å². The van der Waals surface area contributed by atoms with Crippen molar-refractivity contribution in [1.29, 1.82) is 0 Å². The van der Waals surface area contributed by atoms with Gasteiger partial charge in [0.1, 0.15) is 13.2 Å². The van der Waals surface area contributed by atoms with Crippen molar-refractivity contribution >= 4 is 17.9 Å². The first-order valence-electron chi connectivity index (χ1n) is 26.9. The zero-order valence-electron chi connectivity index (χ0n) is 40.9. The standard InChI is InChI=1S/C54H104O6/c1-5-7-9-11-13-15-17-19-21-25-29-33-37-41-45-52(55)58-48-51(60-54(57)47-43-39-35-31-27-20-18-16-14-12-10-8-6-2)49-59-53(56)46-42-38-34-30-26-23-22-24-28-32-36-40-44-50(3)4/h50-51H,5-49H2,1-4H3/t51-/m0/s1. The van der Waals surface area contributed by atoms with Crippen molar-refractivity contribution in [3.05, 3.63) is 0 Å². The molecule has 0 aromatic carbocycles. The first-order chi connectivity index (χ1) is 29.4. The maximum Gasteiger partial charge on any atom is 0.306 e.